The number of phenols is 1. The van der Waals surface area contributed by atoms with E-state index in [1.807, 2.05) is 0 Å². The molecule has 0 unspecified atom stereocenters. The molecule has 0 radical (unpaired) electrons. The van der Waals surface area contributed by atoms with Crippen molar-refractivity contribution in [2.75, 3.05) is 14.2 Å². The van der Waals surface area contributed by atoms with Gasteiger partial charge in [-0.25, -0.2) is 4.79 Å². The molecule has 0 aliphatic carbocycles. The molecule has 0 saturated carbocycles. The van der Waals surface area contributed by atoms with Gasteiger partial charge in [-0.2, -0.15) is 5.26 Å². The summed E-state index contributed by atoms with van der Waals surface area (Å²) in [6, 6.07) is 4.17. The highest BCUT2D eigenvalue weighted by Gasteiger charge is 2.16. The van der Waals surface area contributed by atoms with E-state index in [1.165, 1.54) is 26.4 Å². The largest absolute Gasteiger partial charge is 0.506 e. The van der Waals surface area contributed by atoms with Crippen LogP contribution in [0.2, 0.25) is 0 Å². The summed E-state index contributed by atoms with van der Waals surface area (Å²) in [4.78, 5) is 11.3. The van der Waals surface area contributed by atoms with E-state index in [0.717, 1.165) is 0 Å². The van der Waals surface area contributed by atoms with Crippen LogP contribution < -0.4 is 4.74 Å². The van der Waals surface area contributed by atoms with Crippen molar-refractivity contribution in [1.29, 1.82) is 5.26 Å². The molecule has 0 spiro atoms. The lowest BCUT2D eigenvalue weighted by Crippen LogP contribution is -2.04. The van der Waals surface area contributed by atoms with Gasteiger partial charge in [0.1, 0.15) is 23.1 Å². The molecular weight excluding hydrogens is 198 g/mol. The molecule has 5 heteroatoms. The first-order valence-electron chi connectivity index (χ1n) is 4.03. The second kappa shape index (κ2) is 4.33. The number of phenolic OH excluding ortho intramolecular Hbond substituents is 1. The third-order valence-electron chi connectivity index (χ3n) is 1.84. The minimum absolute atomic E-state index is 0.00352. The predicted octanol–water partition coefficient (Wildman–Crippen LogP) is 1.06. The minimum Gasteiger partial charge on any atom is -0.506 e. The molecule has 0 heterocycles. The van der Waals surface area contributed by atoms with E-state index in [0.29, 0.717) is 0 Å². The van der Waals surface area contributed by atoms with Crippen LogP contribution >= 0.6 is 0 Å². The van der Waals surface area contributed by atoms with Crippen molar-refractivity contribution in [2.45, 2.75) is 0 Å². The zero-order valence-electron chi connectivity index (χ0n) is 8.27. The van der Waals surface area contributed by atoms with E-state index >= 15 is 0 Å². The Morgan fingerprint density at radius 1 is 1.47 bits per heavy atom. The Kier molecular flexibility index (Phi) is 3.13. The molecule has 0 aromatic heterocycles. The highest BCUT2D eigenvalue weighted by atomic mass is 16.5. The summed E-state index contributed by atoms with van der Waals surface area (Å²) in [5.41, 5.74) is 0.102. The van der Waals surface area contributed by atoms with E-state index in [-0.39, 0.29) is 22.6 Å². The first kappa shape index (κ1) is 10.9. The molecule has 0 aliphatic rings. The summed E-state index contributed by atoms with van der Waals surface area (Å²) in [6.45, 7) is 0. The van der Waals surface area contributed by atoms with E-state index in [2.05, 4.69) is 4.74 Å². The zero-order chi connectivity index (χ0) is 11.4. The van der Waals surface area contributed by atoms with Crippen molar-refractivity contribution >= 4 is 5.97 Å². The summed E-state index contributed by atoms with van der Waals surface area (Å²) in [7, 11) is 2.58. The summed E-state index contributed by atoms with van der Waals surface area (Å²) in [6.07, 6.45) is 0. The van der Waals surface area contributed by atoms with E-state index in [4.69, 9.17) is 10.00 Å². The van der Waals surface area contributed by atoms with Gasteiger partial charge in [0.25, 0.3) is 0 Å². The highest BCUT2D eigenvalue weighted by Crippen LogP contribution is 2.28. The van der Waals surface area contributed by atoms with Crippen LogP contribution in [0.15, 0.2) is 12.1 Å². The fraction of sp³-hybridized carbons (Fsp3) is 0.200. The number of aromatic hydroxyl groups is 1. The number of benzene rings is 1. The van der Waals surface area contributed by atoms with E-state index < -0.39 is 5.97 Å². The fourth-order valence-corrected chi connectivity index (χ4v) is 1.10. The molecule has 1 rings (SSSR count). The number of esters is 1. The van der Waals surface area contributed by atoms with Crippen LogP contribution in [0.1, 0.15) is 15.9 Å². The van der Waals surface area contributed by atoms with Crippen LogP contribution in [0.25, 0.3) is 0 Å². The Morgan fingerprint density at radius 2 is 2.13 bits per heavy atom. The lowest BCUT2D eigenvalue weighted by Gasteiger charge is -2.07. The Hall–Kier alpha value is -2.22. The normalized spacial score (nSPS) is 9.13. The Labute approximate surface area is 86.5 Å². The third kappa shape index (κ3) is 1.99. The molecule has 5 nitrogen and oxygen atoms in total. The average Bonchev–Trinajstić information content (AvgIpc) is 2.27. The van der Waals surface area contributed by atoms with Gasteiger partial charge in [0.05, 0.1) is 19.8 Å². The van der Waals surface area contributed by atoms with Crippen LogP contribution in [0.4, 0.5) is 0 Å². The van der Waals surface area contributed by atoms with Crippen molar-refractivity contribution in [3.05, 3.63) is 23.3 Å². The van der Waals surface area contributed by atoms with Crippen LogP contribution in [0.5, 0.6) is 11.5 Å². The topological polar surface area (TPSA) is 79.6 Å². The molecule has 1 N–H and O–H groups in total. The van der Waals surface area contributed by atoms with Gasteiger partial charge in [0.2, 0.25) is 0 Å². The Balaban J connectivity index is 3.36. The van der Waals surface area contributed by atoms with Gasteiger partial charge in [-0.15, -0.1) is 0 Å². The number of ether oxygens (including phenoxy) is 2. The maximum atomic E-state index is 11.3. The number of carbonyl (C=O) groups is 1. The smallest absolute Gasteiger partial charge is 0.341 e. The van der Waals surface area contributed by atoms with Gasteiger partial charge in [-0.3, -0.25) is 0 Å². The fourth-order valence-electron chi connectivity index (χ4n) is 1.10. The van der Waals surface area contributed by atoms with Gasteiger partial charge < -0.3 is 14.6 Å². The zero-order valence-corrected chi connectivity index (χ0v) is 8.27. The number of nitriles is 1. The maximum absolute atomic E-state index is 11.3. The predicted molar refractivity (Wildman–Crippen MR) is 50.7 cm³/mol. The van der Waals surface area contributed by atoms with Crippen molar-refractivity contribution in [1.82, 2.24) is 0 Å². The van der Waals surface area contributed by atoms with E-state index in [9.17, 15) is 9.90 Å². The van der Waals surface area contributed by atoms with Gasteiger partial charge in [-0.1, -0.05) is 0 Å². The SMILES string of the molecule is COC(=O)c1cc(C#N)c(O)cc1OC. The molecule has 0 bridgehead atoms. The van der Waals surface area contributed by atoms with Crippen LogP contribution in [0.3, 0.4) is 0 Å². The standard InChI is InChI=1S/C10H9NO4/c1-14-9-4-8(12)6(5-11)3-7(9)10(13)15-2/h3-4,12H,1-2H3. The van der Waals surface area contributed by atoms with Crippen molar-refractivity contribution in [2.24, 2.45) is 0 Å². The number of nitrogens with zero attached hydrogens (tertiary/aromatic N) is 1. The molecule has 0 amide bonds. The monoisotopic (exact) mass is 207 g/mol. The average molecular weight is 207 g/mol. The lowest BCUT2D eigenvalue weighted by molar-refractivity contribution is 0.0597. The van der Waals surface area contributed by atoms with Crippen LogP contribution in [-0.2, 0) is 4.74 Å². The molecule has 0 aliphatic heterocycles. The molecule has 78 valence electrons. The quantitative estimate of drug-likeness (QED) is 0.733. The maximum Gasteiger partial charge on any atom is 0.341 e. The number of hydrogen-bond donors (Lipinski definition) is 1. The van der Waals surface area contributed by atoms with Crippen molar-refractivity contribution in [3.63, 3.8) is 0 Å². The molecule has 0 atom stereocenters. The first-order valence-corrected chi connectivity index (χ1v) is 4.03. The molecule has 0 fully saturated rings. The summed E-state index contributed by atoms with van der Waals surface area (Å²) >= 11 is 0. The molecule has 1 aromatic rings. The number of hydrogen-bond acceptors (Lipinski definition) is 5. The lowest BCUT2D eigenvalue weighted by atomic mass is 10.1. The first-order chi connectivity index (χ1) is 7.13. The van der Waals surface area contributed by atoms with Gasteiger partial charge in [0.15, 0.2) is 0 Å². The van der Waals surface area contributed by atoms with Gasteiger partial charge in [-0.05, 0) is 6.07 Å². The summed E-state index contributed by atoms with van der Waals surface area (Å²) in [5, 5.41) is 18.0. The van der Waals surface area contributed by atoms with Crippen molar-refractivity contribution in [3.8, 4) is 17.6 Å². The number of rotatable bonds is 2. The molecule has 15 heavy (non-hydrogen) atoms. The second-order valence-electron chi connectivity index (χ2n) is 2.67. The van der Waals surface area contributed by atoms with Crippen LogP contribution in [0, 0.1) is 11.3 Å². The molecule has 1 aromatic carbocycles. The van der Waals surface area contributed by atoms with Gasteiger partial charge in [0, 0.05) is 6.07 Å². The highest BCUT2D eigenvalue weighted by molar-refractivity contribution is 5.93. The van der Waals surface area contributed by atoms with Crippen LogP contribution in [-0.4, -0.2) is 25.3 Å². The summed E-state index contributed by atoms with van der Waals surface area (Å²) < 4.78 is 9.39. The van der Waals surface area contributed by atoms with Gasteiger partial charge >= 0.3 is 5.97 Å². The number of methoxy groups -OCH3 is 2. The molecular formula is C10H9NO4. The second-order valence-corrected chi connectivity index (χ2v) is 2.67. The number of carbonyl (C=O) groups excluding carboxylic acids is 1. The third-order valence-corrected chi connectivity index (χ3v) is 1.84. The Morgan fingerprint density at radius 3 is 2.60 bits per heavy atom. The Bertz CT molecular complexity index is 434. The summed E-state index contributed by atoms with van der Waals surface area (Å²) in [5.74, 6) is -0.691. The molecule has 0 saturated heterocycles. The minimum atomic E-state index is -0.622. The van der Waals surface area contributed by atoms with Crippen molar-refractivity contribution < 1.29 is 19.4 Å². The van der Waals surface area contributed by atoms with E-state index in [1.54, 1.807) is 6.07 Å².